The van der Waals surface area contributed by atoms with Crippen molar-refractivity contribution in [1.29, 1.82) is 0 Å². The Bertz CT molecular complexity index is 766. The smallest absolute Gasteiger partial charge is 0.238 e. The lowest BCUT2D eigenvalue weighted by Gasteiger charge is -2.04. The Morgan fingerprint density at radius 1 is 1.26 bits per heavy atom. The third kappa shape index (κ3) is 4.01. The third-order valence-electron chi connectivity index (χ3n) is 3.15. The molecule has 1 amide bonds. The molecule has 0 bridgehead atoms. The number of nitrogens with zero attached hydrogens (tertiary/aromatic N) is 2. The van der Waals surface area contributed by atoms with E-state index < -0.39 is 0 Å². The van der Waals surface area contributed by atoms with Gasteiger partial charge in [-0.05, 0) is 42.7 Å². The van der Waals surface area contributed by atoms with E-state index in [2.05, 4.69) is 15.5 Å². The van der Waals surface area contributed by atoms with Gasteiger partial charge in [-0.3, -0.25) is 4.79 Å². The Morgan fingerprint density at radius 3 is 2.78 bits per heavy atom. The fraction of sp³-hybridized carbons (Fsp3) is 0.188. The number of hydrogen-bond donors (Lipinski definition) is 1. The van der Waals surface area contributed by atoms with Gasteiger partial charge >= 0.3 is 0 Å². The number of benzene rings is 1. The fourth-order valence-corrected chi connectivity index (χ4v) is 2.39. The minimum absolute atomic E-state index is 0.0975. The maximum Gasteiger partial charge on any atom is 0.238 e. The van der Waals surface area contributed by atoms with Gasteiger partial charge in [-0.25, -0.2) is 0 Å². The second-order valence-corrected chi connectivity index (χ2v) is 5.65. The lowest BCUT2D eigenvalue weighted by atomic mass is 10.2. The topological polar surface area (TPSA) is 81.2 Å². The molecule has 0 unspecified atom stereocenters. The van der Waals surface area contributed by atoms with Crippen LogP contribution in [0, 0.1) is 0 Å². The zero-order valence-corrected chi connectivity index (χ0v) is 13.3. The molecule has 0 fully saturated rings. The molecule has 23 heavy (non-hydrogen) atoms. The molecular weight excluding hydrogens is 314 g/mol. The number of aryl methyl sites for hydroxylation is 1. The second-order valence-electron chi connectivity index (χ2n) is 4.77. The normalized spacial score (nSPS) is 10.7. The predicted octanol–water partition coefficient (Wildman–Crippen LogP) is 3.62. The quantitative estimate of drug-likeness (QED) is 0.696. The molecule has 3 rings (SSSR count). The highest BCUT2D eigenvalue weighted by molar-refractivity contribution is 7.98. The van der Waals surface area contributed by atoms with E-state index >= 15 is 0 Å². The number of furan rings is 1. The Hall–Kier alpha value is -2.54. The van der Waals surface area contributed by atoms with Gasteiger partial charge in [0.15, 0.2) is 5.76 Å². The standard InChI is InChI=1S/C16H15N3O3S/c1-23-12-6-4-11(5-7-12)17-14(20)8-9-15-18-16(19-22-15)13-3-2-10-21-13/h2-7,10H,8-9H2,1H3,(H,17,20). The van der Waals surface area contributed by atoms with Crippen LogP contribution >= 0.6 is 11.8 Å². The van der Waals surface area contributed by atoms with Crippen molar-refractivity contribution in [2.75, 3.05) is 11.6 Å². The number of nitrogens with one attached hydrogen (secondary N) is 1. The molecule has 0 atom stereocenters. The molecule has 6 nitrogen and oxygen atoms in total. The highest BCUT2D eigenvalue weighted by Crippen LogP contribution is 2.18. The summed E-state index contributed by atoms with van der Waals surface area (Å²) < 4.78 is 10.3. The van der Waals surface area contributed by atoms with E-state index in [1.807, 2.05) is 30.5 Å². The molecule has 0 aliphatic carbocycles. The largest absolute Gasteiger partial charge is 0.461 e. The van der Waals surface area contributed by atoms with Gasteiger partial charge in [0.2, 0.25) is 17.6 Å². The van der Waals surface area contributed by atoms with E-state index in [-0.39, 0.29) is 12.3 Å². The van der Waals surface area contributed by atoms with Crippen LogP contribution in [0.15, 0.2) is 56.5 Å². The summed E-state index contributed by atoms with van der Waals surface area (Å²) in [6.45, 7) is 0. The van der Waals surface area contributed by atoms with Gasteiger partial charge < -0.3 is 14.3 Å². The van der Waals surface area contributed by atoms with E-state index in [4.69, 9.17) is 8.94 Å². The zero-order chi connectivity index (χ0) is 16.1. The molecule has 0 radical (unpaired) electrons. The van der Waals surface area contributed by atoms with Crippen molar-refractivity contribution >= 4 is 23.4 Å². The monoisotopic (exact) mass is 329 g/mol. The number of anilines is 1. The number of hydrogen-bond acceptors (Lipinski definition) is 6. The first-order valence-electron chi connectivity index (χ1n) is 7.05. The first-order valence-corrected chi connectivity index (χ1v) is 8.27. The number of thioether (sulfide) groups is 1. The zero-order valence-electron chi connectivity index (χ0n) is 12.5. The lowest BCUT2D eigenvalue weighted by Crippen LogP contribution is -2.12. The molecular formula is C16H15N3O3S. The Labute approximate surface area is 137 Å². The van der Waals surface area contributed by atoms with E-state index in [1.54, 1.807) is 30.2 Å². The number of carbonyl (C=O) groups excluding carboxylic acids is 1. The molecule has 0 saturated carbocycles. The molecule has 0 aliphatic heterocycles. The molecule has 118 valence electrons. The average Bonchev–Trinajstić information content (AvgIpc) is 3.25. The van der Waals surface area contributed by atoms with Gasteiger partial charge in [0.1, 0.15) is 0 Å². The van der Waals surface area contributed by atoms with Crippen LogP contribution in [0.4, 0.5) is 5.69 Å². The molecule has 1 N–H and O–H groups in total. The molecule has 0 spiro atoms. The van der Waals surface area contributed by atoms with E-state index in [9.17, 15) is 4.79 Å². The SMILES string of the molecule is CSc1ccc(NC(=O)CCc2nc(-c3ccco3)no2)cc1. The number of aromatic nitrogens is 2. The van der Waals surface area contributed by atoms with Gasteiger partial charge in [-0.1, -0.05) is 5.16 Å². The lowest BCUT2D eigenvalue weighted by molar-refractivity contribution is -0.116. The van der Waals surface area contributed by atoms with Crippen LogP contribution in [-0.2, 0) is 11.2 Å². The van der Waals surface area contributed by atoms with E-state index in [1.165, 1.54) is 0 Å². The van der Waals surface area contributed by atoms with Gasteiger partial charge in [-0.2, -0.15) is 4.98 Å². The highest BCUT2D eigenvalue weighted by atomic mass is 32.2. The van der Waals surface area contributed by atoms with Crippen LogP contribution in [0.25, 0.3) is 11.6 Å². The number of rotatable bonds is 6. The van der Waals surface area contributed by atoms with Gasteiger partial charge in [0.05, 0.1) is 6.26 Å². The summed E-state index contributed by atoms with van der Waals surface area (Å²) in [4.78, 5) is 17.3. The molecule has 3 aromatic rings. The van der Waals surface area contributed by atoms with Gasteiger partial charge in [0, 0.05) is 23.4 Å². The van der Waals surface area contributed by atoms with Crippen LogP contribution in [-0.4, -0.2) is 22.3 Å². The molecule has 2 heterocycles. The summed E-state index contributed by atoms with van der Waals surface area (Å²) in [6.07, 6.45) is 4.20. The Morgan fingerprint density at radius 2 is 2.09 bits per heavy atom. The molecule has 7 heteroatoms. The van der Waals surface area contributed by atoms with Crippen LogP contribution in [0.1, 0.15) is 12.3 Å². The van der Waals surface area contributed by atoms with Crippen molar-refractivity contribution in [2.24, 2.45) is 0 Å². The van der Waals surface area contributed by atoms with Crippen molar-refractivity contribution < 1.29 is 13.7 Å². The van der Waals surface area contributed by atoms with Crippen molar-refractivity contribution in [3.8, 4) is 11.6 Å². The summed E-state index contributed by atoms with van der Waals surface area (Å²) in [7, 11) is 0. The minimum atomic E-state index is -0.0975. The number of amides is 1. The maximum absolute atomic E-state index is 12.0. The summed E-state index contributed by atoms with van der Waals surface area (Å²) in [6, 6.07) is 11.2. The molecule has 2 aromatic heterocycles. The maximum atomic E-state index is 12.0. The van der Waals surface area contributed by atoms with Crippen LogP contribution in [0.3, 0.4) is 0 Å². The highest BCUT2D eigenvalue weighted by Gasteiger charge is 2.12. The summed E-state index contributed by atoms with van der Waals surface area (Å²) in [5.74, 6) is 1.24. The summed E-state index contributed by atoms with van der Waals surface area (Å²) in [5.41, 5.74) is 0.773. The van der Waals surface area contributed by atoms with Crippen LogP contribution < -0.4 is 5.32 Å². The first-order chi connectivity index (χ1) is 11.2. The third-order valence-corrected chi connectivity index (χ3v) is 3.89. The van der Waals surface area contributed by atoms with Crippen molar-refractivity contribution in [3.63, 3.8) is 0 Å². The Balaban J connectivity index is 1.52. The molecule has 0 aliphatic rings. The first kappa shape index (κ1) is 15.4. The van der Waals surface area contributed by atoms with E-state index in [0.29, 0.717) is 23.9 Å². The molecule has 1 aromatic carbocycles. The second kappa shape index (κ2) is 7.15. The van der Waals surface area contributed by atoms with Gasteiger partial charge in [-0.15, -0.1) is 11.8 Å². The van der Waals surface area contributed by atoms with Crippen molar-refractivity contribution in [3.05, 3.63) is 48.6 Å². The summed E-state index contributed by atoms with van der Waals surface area (Å²) in [5, 5.41) is 6.67. The average molecular weight is 329 g/mol. The van der Waals surface area contributed by atoms with Crippen LogP contribution in [0.2, 0.25) is 0 Å². The van der Waals surface area contributed by atoms with Gasteiger partial charge in [0.25, 0.3) is 0 Å². The van der Waals surface area contributed by atoms with Crippen molar-refractivity contribution in [1.82, 2.24) is 10.1 Å². The molecule has 0 saturated heterocycles. The summed E-state index contributed by atoms with van der Waals surface area (Å²) >= 11 is 1.66. The van der Waals surface area contributed by atoms with Crippen molar-refractivity contribution in [2.45, 2.75) is 17.7 Å². The minimum Gasteiger partial charge on any atom is -0.461 e. The van der Waals surface area contributed by atoms with E-state index in [0.717, 1.165) is 10.6 Å². The fourth-order valence-electron chi connectivity index (χ4n) is 1.98. The predicted molar refractivity (Wildman–Crippen MR) is 87.2 cm³/mol. The van der Waals surface area contributed by atoms with Crippen LogP contribution in [0.5, 0.6) is 0 Å². The Kier molecular flexibility index (Phi) is 4.77. The number of carbonyl (C=O) groups is 1.